The Balaban J connectivity index is 2.76. The summed E-state index contributed by atoms with van der Waals surface area (Å²) in [7, 11) is 0. The quantitative estimate of drug-likeness (QED) is 0.545. The average Bonchev–Trinajstić information content (AvgIpc) is 2.03. The highest BCUT2D eigenvalue weighted by molar-refractivity contribution is 9.10. The Kier molecular flexibility index (Phi) is 4.01. The van der Waals surface area contributed by atoms with Gasteiger partial charge in [-0.15, -0.1) is 18.2 Å². The number of allylic oxidation sites excluding steroid dienone is 1. The molecule has 0 spiro atoms. The molecule has 0 N–H and O–H groups in total. The van der Waals surface area contributed by atoms with Crippen LogP contribution in [0.1, 0.15) is 24.3 Å². The van der Waals surface area contributed by atoms with Crippen molar-refractivity contribution in [2.24, 2.45) is 0 Å². The summed E-state index contributed by atoms with van der Waals surface area (Å²) in [6.07, 6.45) is 0.831. The zero-order chi connectivity index (χ0) is 9.84. The summed E-state index contributed by atoms with van der Waals surface area (Å²) in [6.45, 7) is 5.84. The molecule has 1 rings (SSSR count). The van der Waals surface area contributed by atoms with Crippen molar-refractivity contribution in [1.82, 2.24) is 0 Å². The topological polar surface area (TPSA) is 0 Å². The van der Waals surface area contributed by atoms with Crippen molar-refractivity contribution < 1.29 is 0 Å². The van der Waals surface area contributed by atoms with Gasteiger partial charge in [0.15, 0.2) is 0 Å². The molecule has 1 unspecified atom stereocenters. The summed E-state index contributed by atoms with van der Waals surface area (Å²) in [5.74, 6) is 0. The maximum absolute atomic E-state index is 6.19. The van der Waals surface area contributed by atoms with Crippen LogP contribution >= 0.6 is 27.5 Å². The molecular formula is C11H12BrCl. The minimum atomic E-state index is 0.0370. The van der Waals surface area contributed by atoms with Gasteiger partial charge in [0.05, 0.1) is 5.38 Å². The van der Waals surface area contributed by atoms with Crippen LogP contribution < -0.4 is 0 Å². The molecule has 13 heavy (non-hydrogen) atoms. The lowest BCUT2D eigenvalue weighted by Gasteiger charge is -2.09. The lowest BCUT2D eigenvalue weighted by molar-refractivity contribution is 0.907. The van der Waals surface area contributed by atoms with Gasteiger partial charge in [0.25, 0.3) is 0 Å². The molecule has 1 atom stereocenters. The molecule has 0 saturated carbocycles. The first kappa shape index (κ1) is 10.8. The Morgan fingerprint density at radius 2 is 2.31 bits per heavy atom. The third kappa shape index (κ3) is 3.53. The van der Waals surface area contributed by atoms with E-state index in [-0.39, 0.29) is 5.38 Å². The maximum atomic E-state index is 6.19. The molecule has 1 aromatic carbocycles. The van der Waals surface area contributed by atoms with E-state index in [1.807, 2.05) is 31.2 Å². The fourth-order valence-corrected chi connectivity index (χ4v) is 1.94. The fraction of sp³-hybridized carbons (Fsp3) is 0.273. The summed E-state index contributed by atoms with van der Waals surface area (Å²) >= 11 is 9.61. The van der Waals surface area contributed by atoms with Crippen molar-refractivity contribution in [2.45, 2.75) is 18.7 Å². The predicted octanol–water partition coefficient (Wildman–Crippen LogP) is 4.70. The van der Waals surface area contributed by atoms with E-state index in [0.717, 1.165) is 22.0 Å². The maximum Gasteiger partial charge on any atom is 0.0622 e. The van der Waals surface area contributed by atoms with Gasteiger partial charge < -0.3 is 0 Å². The predicted molar refractivity (Wildman–Crippen MR) is 62.2 cm³/mol. The molecule has 0 aliphatic rings. The number of rotatable bonds is 3. The monoisotopic (exact) mass is 258 g/mol. The zero-order valence-electron chi connectivity index (χ0n) is 7.56. The van der Waals surface area contributed by atoms with E-state index in [9.17, 15) is 0 Å². The molecule has 0 aliphatic heterocycles. The van der Waals surface area contributed by atoms with Crippen LogP contribution in [0.4, 0.5) is 0 Å². The van der Waals surface area contributed by atoms with Crippen LogP contribution in [0.15, 0.2) is 40.9 Å². The van der Waals surface area contributed by atoms with Crippen LogP contribution in [0.3, 0.4) is 0 Å². The number of halogens is 2. The van der Waals surface area contributed by atoms with E-state index in [0.29, 0.717) is 0 Å². The summed E-state index contributed by atoms with van der Waals surface area (Å²) in [5, 5.41) is 0.0370. The van der Waals surface area contributed by atoms with Crippen LogP contribution in [-0.2, 0) is 0 Å². The molecule has 0 fully saturated rings. The van der Waals surface area contributed by atoms with Crippen LogP contribution in [0.2, 0.25) is 0 Å². The summed E-state index contributed by atoms with van der Waals surface area (Å²) in [4.78, 5) is 0. The standard InChI is InChI=1S/C11H12BrCl/c1-8(2)6-11(13)9-4-3-5-10(12)7-9/h3-5,7,11H,1,6H2,2H3. The highest BCUT2D eigenvalue weighted by atomic mass is 79.9. The second-order valence-corrected chi connectivity index (χ2v) is 4.63. The van der Waals surface area contributed by atoms with Crippen molar-refractivity contribution in [3.8, 4) is 0 Å². The van der Waals surface area contributed by atoms with Crippen molar-refractivity contribution in [2.75, 3.05) is 0 Å². The van der Waals surface area contributed by atoms with Crippen molar-refractivity contribution in [1.29, 1.82) is 0 Å². The second kappa shape index (κ2) is 4.83. The number of alkyl halides is 1. The molecular weight excluding hydrogens is 247 g/mol. The molecule has 70 valence electrons. The molecule has 0 heterocycles. The summed E-state index contributed by atoms with van der Waals surface area (Å²) < 4.78 is 1.07. The summed E-state index contributed by atoms with van der Waals surface area (Å²) in [5.41, 5.74) is 2.25. The average molecular weight is 260 g/mol. The smallest absolute Gasteiger partial charge is 0.0622 e. The van der Waals surface area contributed by atoms with E-state index < -0.39 is 0 Å². The normalized spacial score (nSPS) is 12.5. The second-order valence-electron chi connectivity index (χ2n) is 3.18. The van der Waals surface area contributed by atoms with Gasteiger partial charge in [-0.1, -0.05) is 33.6 Å². The van der Waals surface area contributed by atoms with Crippen molar-refractivity contribution >= 4 is 27.5 Å². The number of hydrogen-bond acceptors (Lipinski definition) is 0. The summed E-state index contributed by atoms with van der Waals surface area (Å²) in [6, 6.07) is 8.06. The minimum absolute atomic E-state index is 0.0370. The van der Waals surface area contributed by atoms with Gasteiger partial charge in [-0.05, 0) is 31.0 Å². The van der Waals surface area contributed by atoms with Gasteiger partial charge in [0.1, 0.15) is 0 Å². The number of benzene rings is 1. The third-order valence-electron chi connectivity index (χ3n) is 1.74. The van der Waals surface area contributed by atoms with Gasteiger partial charge in [-0.3, -0.25) is 0 Å². The number of hydrogen-bond donors (Lipinski definition) is 0. The highest BCUT2D eigenvalue weighted by Gasteiger charge is 2.07. The first-order chi connectivity index (χ1) is 6.09. The molecule has 0 radical (unpaired) electrons. The first-order valence-corrected chi connectivity index (χ1v) is 5.36. The Labute approximate surface area is 92.7 Å². The van der Waals surface area contributed by atoms with Crippen LogP contribution in [0.25, 0.3) is 0 Å². The molecule has 0 nitrogen and oxygen atoms in total. The van der Waals surface area contributed by atoms with Gasteiger partial charge in [0, 0.05) is 4.47 Å². The van der Waals surface area contributed by atoms with Gasteiger partial charge >= 0.3 is 0 Å². The van der Waals surface area contributed by atoms with E-state index >= 15 is 0 Å². The first-order valence-electron chi connectivity index (χ1n) is 4.13. The zero-order valence-corrected chi connectivity index (χ0v) is 9.90. The van der Waals surface area contributed by atoms with Gasteiger partial charge in [0.2, 0.25) is 0 Å². The fourth-order valence-electron chi connectivity index (χ4n) is 1.13. The van der Waals surface area contributed by atoms with Gasteiger partial charge in [-0.2, -0.15) is 0 Å². The van der Waals surface area contributed by atoms with E-state index in [4.69, 9.17) is 11.6 Å². The van der Waals surface area contributed by atoms with E-state index in [1.165, 1.54) is 0 Å². The molecule has 2 heteroatoms. The largest absolute Gasteiger partial charge is 0.117 e. The van der Waals surface area contributed by atoms with Crippen LogP contribution in [0, 0.1) is 0 Å². The minimum Gasteiger partial charge on any atom is -0.117 e. The van der Waals surface area contributed by atoms with E-state index in [2.05, 4.69) is 22.5 Å². The Morgan fingerprint density at radius 1 is 1.62 bits per heavy atom. The van der Waals surface area contributed by atoms with Crippen LogP contribution in [0.5, 0.6) is 0 Å². The lowest BCUT2D eigenvalue weighted by atomic mass is 10.1. The van der Waals surface area contributed by atoms with Gasteiger partial charge in [-0.25, -0.2) is 0 Å². The molecule has 0 aliphatic carbocycles. The Morgan fingerprint density at radius 3 is 2.85 bits per heavy atom. The highest BCUT2D eigenvalue weighted by Crippen LogP contribution is 2.28. The van der Waals surface area contributed by atoms with Crippen molar-refractivity contribution in [3.63, 3.8) is 0 Å². The molecule has 0 aromatic heterocycles. The molecule has 0 amide bonds. The Hall–Kier alpha value is -0.270. The SMILES string of the molecule is C=C(C)CC(Cl)c1cccc(Br)c1. The van der Waals surface area contributed by atoms with Crippen molar-refractivity contribution in [3.05, 3.63) is 46.5 Å². The van der Waals surface area contributed by atoms with E-state index in [1.54, 1.807) is 0 Å². The molecule has 0 bridgehead atoms. The lowest BCUT2D eigenvalue weighted by Crippen LogP contribution is -1.90. The molecule has 1 aromatic rings. The molecule has 0 saturated heterocycles. The van der Waals surface area contributed by atoms with Crippen LogP contribution in [-0.4, -0.2) is 0 Å². The third-order valence-corrected chi connectivity index (χ3v) is 2.64. The Bertz CT molecular complexity index is 307.